The molecule has 0 aromatic heterocycles. The van der Waals surface area contributed by atoms with E-state index in [-0.39, 0.29) is 0 Å². The standard InChI is InChI=1S/C14H30N2O2S/c1-5-8-15-13(3)12(2)10-14-7-6-9-16(11-14)19(4,17)18/h12-15H,5-11H2,1-4H3. The number of sulfonamides is 1. The molecule has 19 heavy (non-hydrogen) atoms. The van der Waals surface area contributed by atoms with E-state index in [2.05, 4.69) is 26.1 Å². The molecule has 5 heteroatoms. The van der Waals surface area contributed by atoms with Crippen LogP contribution in [0, 0.1) is 11.8 Å². The maximum atomic E-state index is 11.6. The average molecular weight is 290 g/mol. The Morgan fingerprint density at radius 1 is 1.37 bits per heavy atom. The molecule has 1 N–H and O–H groups in total. The predicted molar refractivity (Wildman–Crippen MR) is 80.7 cm³/mol. The molecule has 0 aromatic carbocycles. The van der Waals surface area contributed by atoms with Crippen LogP contribution in [0.4, 0.5) is 0 Å². The van der Waals surface area contributed by atoms with Gasteiger partial charge in [-0.3, -0.25) is 0 Å². The fourth-order valence-corrected chi connectivity index (χ4v) is 3.77. The van der Waals surface area contributed by atoms with E-state index in [1.165, 1.54) is 6.26 Å². The molecule has 1 saturated heterocycles. The summed E-state index contributed by atoms with van der Waals surface area (Å²) in [6.45, 7) is 9.16. The molecule has 1 aliphatic heterocycles. The fraction of sp³-hybridized carbons (Fsp3) is 1.00. The zero-order valence-electron chi connectivity index (χ0n) is 12.9. The van der Waals surface area contributed by atoms with E-state index in [1.807, 2.05) is 0 Å². The molecule has 0 saturated carbocycles. The molecule has 0 radical (unpaired) electrons. The van der Waals surface area contributed by atoms with Gasteiger partial charge < -0.3 is 5.32 Å². The summed E-state index contributed by atoms with van der Waals surface area (Å²) in [6, 6.07) is 0.508. The number of hydrogen-bond acceptors (Lipinski definition) is 3. The zero-order chi connectivity index (χ0) is 14.5. The van der Waals surface area contributed by atoms with Crippen molar-refractivity contribution < 1.29 is 8.42 Å². The second kappa shape index (κ2) is 7.60. The lowest BCUT2D eigenvalue weighted by Crippen LogP contribution is -2.41. The Bertz CT molecular complexity index is 356. The first-order valence-electron chi connectivity index (χ1n) is 7.53. The number of nitrogens with zero attached hydrogens (tertiary/aromatic N) is 1. The molecule has 114 valence electrons. The minimum absolute atomic E-state index is 0.508. The van der Waals surface area contributed by atoms with Gasteiger partial charge in [0.15, 0.2) is 0 Å². The van der Waals surface area contributed by atoms with Crippen LogP contribution in [0.3, 0.4) is 0 Å². The summed E-state index contributed by atoms with van der Waals surface area (Å²) in [5.41, 5.74) is 0. The van der Waals surface area contributed by atoms with Gasteiger partial charge in [0.1, 0.15) is 0 Å². The van der Waals surface area contributed by atoms with E-state index in [9.17, 15) is 8.42 Å². The third-order valence-corrected chi connectivity index (χ3v) is 5.50. The van der Waals surface area contributed by atoms with Gasteiger partial charge in [-0.2, -0.15) is 0 Å². The van der Waals surface area contributed by atoms with Crippen LogP contribution in [-0.2, 0) is 10.0 Å². The summed E-state index contributed by atoms with van der Waals surface area (Å²) < 4.78 is 24.9. The first-order valence-corrected chi connectivity index (χ1v) is 9.38. The highest BCUT2D eigenvalue weighted by Crippen LogP contribution is 2.25. The van der Waals surface area contributed by atoms with Gasteiger partial charge in [0.05, 0.1) is 6.26 Å². The van der Waals surface area contributed by atoms with Gasteiger partial charge in [-0.05, 0) is 51.0 Å². The van der Waals surface area contributed by atoms with Crippen molar-refractivity contribution in [1.82, 2.24) is 9.62 Å². The van der Waals surface area contributed by atoms with Crippen molar-refractivity contribution in [3.05, 3.63) is 0 Å². The Kier molecular flexibility index (Phi) is 6.77. The van der Waals surface area contributed by atoms with Crippen LogP contribution in [0.1, 0.15) is 46.5 Å². The lowest BCUT2D eigenvalue weighted by atomic mass is 9.86. The molecular formula is C14H30N2O2S. The molecule has 0 aliphatic carbocycles. The Labute approximate surface area is 119 Å². The molecule has 1 aliphatic rings. The van der Waals surface area contributed by atoms with Crippen molar-refractivity contribution in [3.8, 4) is 0 Å². The molecule has 1 rings (SSSR count). The molecule has 3 unspecified atom stereocenters. The monoisotopic (exact) mass is 290 g/mol. The zero-order valence-corrected chi connectivity index (χ0v) is 13.7. The van der Waals surface area contributed by atoms with E-state index in [4.69, 9.17) is 0 Å². The van der Waals surface area contributed by atoms with Gasteiger partial charge >= 0.3 is 0 Å². The lowest BCUT2D eigenvalue weighted by molar-refractivity contribution is 0.219. The number of hydrogen-bond donors (Lipinski definition) is 1. The molecule has 3 atom stereocenters. The highest BCUT2D eigenvalue weighted by Gasteiger charge is 2.27. The minimum atomic E-state index is -3.01. The first-order chi connectivity index (χ1) is 8.84. The number of rotatable bonds is 7. The van der Waals surface area contributed by atoms with Gasteiger partial charge in [0.2, 0.25) is 10.0 Å². The van der Waals surface area contributed by atoms with Gasteiger partial charge in [0, 0.05) is 19.1 Å². The molecular weight excluding hydrogens is 260 g/mol. The summed E-state index contributed by atoms with van der Waals surface area (Å²) >= 11 is 0. The normalized spacial score (nSPS) is 25.2. The topological polar surface area (TPSA) is 49.4 Å². The molecule has 0 aromatic rings. The first kappa shape index (κ1) is 16.9. The Hall–Kier alpha value is -0.130. The fourth-order valence-electron chi connectivity index (χ4n) is 2.82. The SMILES string of the molecule is CCCNC(C)C(C)CC1CCCN(S(C)(=O)=O)C1. The molecule has 0 amide bonds. The van der Waals surface area contributed by atoms with Crippen molar-refractivity contribution >= 4 is 10.0 Å². The molecule has 1 heterocycles. The average Bonchev–Trinajstić information content (AvgIpc) is 2.35. The number of piperidine rings is 1. The van der Waals surface area contributed by atoms with Crippen LogP contribution in [0.15, 0.2) is 0 Å². The van der Waals surface area contributed by atoms with Gasteiger partial charge in [-0.15, -0.1) is 0 Å². The predicted octanol–water partition coefficient (Wildman–Crippen LogP) is 2.07. The summed E-state index contributed by atoms with van der Waals surface area (Å²) in [5.74, 6) is 1.11. The Morgan fingerprint density at radius 3 is 2.63 bits per heavy atom. The smallest absolute Gasteiger partial charge is 0.211 e. The van der Waals surface area contributed by atoms with Crippen LogP contribution >= 0.6 is 0 Å². The van der Waals surface area contributed by atoms with Crippen LogP contribution in [0.2, 0.25) is 0 Å². The number of nitrogens with one attached hydrogen (secondary N) is 1. The van der Waals surface area contributed by atoms with E-state index < -0.39 is 10.0 Å². The molecule has 0 spiro atoms. The van der Waals surface area contributed by atoms with E-state index in [0.29, 0.717) is 31.0 Å². The van der Waals surface area contributed by atoms with Crippen LogP contribution in [0.25, 0.3) is 0 Å². The van der Waals surface area contributed by atoms with E-state index in [1.54, 1.807) is 4.31 Å². The lowest BCUT2D eigenvalue weighted by Gasteiger charge is -2.33. The van der Waals surface area contributed by atoms with Gasteiger partial charge in [-0.1, -0.05) is 13.8 Å². The second-order valence-electron chi connectivity index (χ2n) is 6.09. The van der Waals surface area contributed by atoms with Crippen LogP contribution in [0.5, 0.6) is 0 Å². The molecule has 1 fully saturated rings. The third kappa shape index (κ3) is 5.79. The quantitative estimate of drug-likeness (QED) is 0.781. The maximum absolute atomic E-state index is 11.6. The Morgan fingerprint density at radius 2 is 2.05 bits per heavy atom. The largest absolute Gasteiger partial charge is 0.314 e. The van der Waals surface area contributed by atoms with Crippen LogP contribution in [-0.4, -0.2) is 44.7 Å². The molecule has 4 nitrogen and oxygen atoms in total. The second-order valence-corrected chi connectivity index (χ2v) is 8.07. The van der Waals surface area contributed by atoms with Crippen molar-refractivity contribution in [2.75, 3.05) is 25.9 Å². The minimum Gasteiger partial charge on any atom is -0.314 e. The highest BCUT2D eigenvalue weighted by atomic mass is 32.2. The Balaban J connectivity index is 2.43. The molecule has 0 bridgehead atoms. The van der Waals surface area contributed by atoms with Crippen LogP contribution < -0.4 is 5.32 Å². The highest BCUT2D eigenvalue weighted by molar-refractivity contribution is 7.88. The third-order valence-electron chi connectivity index (χ3n) is 4.23. The summed E-state index contributed by atoms with van der Waals surface area (Å²) in [4.78, 5) is 0. The van der Waals surface area contributed by atoms with E-state index in [0.717, 1.165) is 32.2 Å². The summed E-state index contributed by atoms with van der Waals surface area (Å²) in [5, 5.41) is 3.53. The van der Waals surface area contributed by atoms with Crippen molar-refractivity contribution in [3.63, 3.8) is 0 Å². The maximum Gasteiger partial charge on any atom is 0.211 e. The summed E-state index contributed by atoms with van der Waals surface area (Å²) in [6.07, 6.45) is 5.76. The van der Waals surface area contributed by atoms with Crippen molar-refractivity contribution in [2.24, 2.45) is 11.8 Å². The van der Waals surface area contributed by atoms with Crippen molar-refractivity contribution in [1.29, 1.82) is 0 Å². The van der Waals surface area contributed by atoms with Crippen molar-refractivity contribution in [2.45, 2.75) is 52.5 Å². The van der Waals surface area contributed by atoms with Gasteiger partial charge in [0.25, 0.3) is 0 Å². The summed E-state index contributed by atoms with van der Waals surface area (Å²) in [7, 11) is -3.01. The van der Waals surface area contributed by atoms with E-state index >= 15 is 0 Å². The van der Waals surface area contributed by atoms with Gasteiger partial charge in [-0.25, -0.2) is 12.7 Å².